The third kappa shape index (κ3) is 5.98. The molecule has 2 aliphatic carbocycles. The molecule has 3 aromatic rings. The van der Waals surface area contributed by atoms with Gasteiger partial charge in [-0.2, -0.15) is 0 Å². The van der Waals surface area contributed by atoms with Gasteiger partial charge in [0.1, 0.15) is 0 Å². The summed E-state index contributed by atoms with van der Waals surface area (Å²) in [5, 5.41) is 0. The van der Waals surface area contributed by atoms with Crippen LogP contribution >= 0.6 is 0 Å². The molecule has 1 aromatic heterocycles. The zero-order valence-electron chi connectivity index (χ0n) is 23.1. The summed E-state index contributed by atoms with van der Waals surface area (Å²) in [6.07, 6.45) is 10.9. The monoisotopic (exact) mass is 528 g/mol. The second kappa shape index (κ2) is 11.8. The number of esters is 2. The van der Waals surface area contributed by atoms with Gasteiger partial charge in [0, 0.05) is 5.41 Å². The molecule has 5 atom stereocenters. The Labute approximate surface area is 231 Å². The summed E-state index contributed by atoms with van der Waals surface area (Å²) in [7, 11) is 0. The zero-order valence-corrected chi connectivity index (χ0v) is 23.1. The number of aryl methyl sites for hydroxylation is 1. The van der Waals surface area contributed by atoms with Crippen molar-refractivity contribution in [1.29, 1.82) is 0 Å². The molecular formula is C34H40O5. The Morgan fingerprint density at radius 1 is 0.872 bits per heavy atom. The summed E-state index contributed by atoms with van der Waals surface area (Å²) in [6, 6.07) is 20.5. The molecule has 0 saturated heterocycles. The van der Waals surface area contributed by atoms with Crippen molar-refractivity contribution in [3.8, 4) is 0 Å². The van der Waals surface area contributed by atoms with Crippen molar-refractivity contribution in [2.75, 3.05) is 13.2 Å². The summed E-state index contributed by atoms with van der Waals surface area (Å²) in [4.78, 5) is 25.6. The molecule has 2 aliphatic rings. The van der Waals surface area contributed by atoms with Crippen LogP contribution in [0.2, 0.25) is 0 Å². The molecule has 1 heterocycles. The highest BCUT2D eigenvalue weighted by molar-refractivity contribution is 5.89. The first-order chi connectivity index (χ1) is 18.9. The van der Waals surface area contributed by atoms with Gasteiger partial charge in [-0.3, -0.25) is 0 Å². The summed E-state index contributed by atoms with van der Waals surface area (Å²) in [5.41, 5.74) is 2.38. The number of carbonyl (C=O) groups excluding carboxylic acids is 2. The molecule has 2 fully saturated rings. The van der Waals surface area contributed by atoms with E-state index in [-0.39, 0.29) is 22.8 Å². The number of hydrogen-bond acceptors (Lipinski definition) is 5. The average molecular weight is 529 g/mol. The average Bonchev–Trinajstić information content (AvgIpc) is 3.48. The van der Waals surface area contributed by atoms with Gasteiger partial charge in [-0.15, -0.1) is 0 Å². The molecule has 0 unspecified atom stereocenters. The molecule has 0 N–H and O–H groups in total. The number of carbonyl (C=O) groups is 2. The summed E-state index contributed by atoms with van der Waals surface area (Å²) < 4.78 is 17.2. The number of benzene rings is 2. The summed E-state index contributed by atoms with van der Waals surface area (Å²) >= 11 is 0. The maximum atomic E-state index is 12.8. The largest absolute Gasteiger partial charge is 0.472 e. The summed E-state index contributed by atoms with van der Waals surface area (Å²) in [5.74, 6) is 0.608. The smallest absolute Gasteiger partial charge is 0.338 e. The fourth-order valence-electron chi connectivity index (χ4n) is 7.68. The van der Waals surface area contributed by atoms with E-state index < -0.39 is 0 Å². The second-order valence-electron chi connectivity index (χ2n) is 12.1. The van der Waals surface area contributed by atoms with Crippen LogP contribution in [-0.4, -0.2) is 25.2 Å². The van der Waals surface area contributed by atoms with Crippen molar-refractivity contribution in [2.45, 2.75) is 58.8 Å². The lowest BCUT2D eigenvalue weighted by Gasteiger charge is -2.60. The molecule has 0 amide bonds. The van der Waals surface area contributed by atoms with Gasteiger partial charge in [0.15, 0.2) is 0 Å². The first-order valence-corrected chi connectivity index (χ1v) is 14.3. The topological polar surface area (TPSA) is 65.7 Å². The van der Waals surface area contributed by atoms with E-state index in [1.807, 2.05) is 60.9 Å². The Morgan fingerprint density at radius 3 is 2.18 bits per heavy atom. The lowest BCUT2D eigenvalue weighted by molar-refractivity contribution is -0.130. The van der Waals surface area contributed by atoms with E-state index in [2.05, 4.69) is 13.8 Å². The Kier molecular flexibility index (Phi) is 8.25. The van der Waals surface area contributed by atoms with Gasteiger partial charge in [0.2, 0.25) is 0 Å². The molecular weight excluding hydrogens is 488 g/mol. The van der Waals surface area contributed by atoms with Crippen LogP contribution in [0.3, 0.4) is 0 Å². The Morgan fingerprint density at radius 2 is 1.54 bits per heavy atom. The highest BCUT2D eigenvalue weighted by Crippen LogP contribution is 2.62. The number of furan rings is 1. The van der Waals surface area contributed by atoms with Crippen molar-refractivity contribution >= 4 is 11.9 Å². The van der Waals surface area contributed by atoms with Crippen LogP contribution in [0.5, 0.6) is 0 Å². The van der Waals surface area contributed by atoms with Gasteiger partial charge in [-0.1, -0.05) is 56.7 Å². The molecule has 0 radical (unpaired) electrons. The van der Waals surface area contributed by atoms with Gasteiger partial charge in [-0.05, 0) is 97.6 Å². The van der Waals surface area contributed by atoms with Crippen LogP contribution in [0.1, 0.15) is 78.7 Å². The number of rotatable bonds is 9. The molecule has 0 aliphatic heterocycles. The van der Waals surface area contributed by atoms with E-state index in [0.29, 0.717) is 42.1 Å². The first-order valence-electron chi connectivity index (χ1n) is 14.3. The van der Waals surface area contributed by atoms with Crippen LogP contribution in [0.25, 0.3) is 0 Å². The normalized spacial score (nSPS) is 28.3. The van der Waals surface area contributed by atoms with Crippen molar-refractivity contribution in [3.63, 3.8) is 0 Å². The fraction of sp³-hybridized carbons (Fsp3) is 0.471. The van der Waals surface area contributed by atoms with Gasteiger partial charge in [0.05, 0.1) is 36.9 Å². The number of fused-ring (bicyclic) bond motifs is 1. The maximum Gasteiger partial charge on any atom is 0.338 e. The molecule has 0 spiro atoms. The Bertz CT molecular complexity index is 1220. The fourth-order valence-corrected chi connectivity index (χ4v) is 7.68. The van der Waals surface area contributed by atoms with Gasteiger partial charge >= 0.3 is 11.9 Å². The molecule has 206 valence electrons. The van der Waals surface area contributed by atoms with Crippen molar-refractivity contribution < 1.29 is 23.5 Å². The van der Waals surface area contributed by atoms with E-state index in [0.717, 1.165) is 44.9 Å². The van der Waals surface area contributed by atoms with E-state index in [1.165, 1.54) is 5.56 Å². The minimum absolute atomic E-state index is 0.0674. The minimum Gasteiger partial charge on any atom is -0.472 e. The molecule has 5 rings (SSSR count). The molecule has 5 heteroatoms. The van der Waals surface area contributed by atoms with E-state index in [9.17, 15) is 9.59 Å². The molecule has 2 saturated carbocycles. The number of ether oxygens (including phenoxy) is 2. The highest BCUT2D eigenvalue weighted by Gasteiger charge is 2.56. The van der Waals surface area contributed by atoms with Gasteiger partial charge < -0.3 is 13.9 Å². The van der Waals surface area contributed by atoms with Crippen LogP contribution in [0, 0.1) is 28.6 Å². The van der Waals surface area contributed by atoms with Crippen LogP contribution in [0.15, 0.2) is 83.7 Å². The highest BCUT2D eigenvalue weighted by atomic mass is 16.5. The van der Waals surface area contributed by atoms with E-state index in [4.69, 9.17) is 13.9 Å². The predicted molar refractivity (Wildman–Crippen MR) is 150 cm³/mol. The van der Waals surface area contributed by atoms with Crippen LogP contribution in [0.4, 0.5) is 0 Å². The molecule has 2 aromatic carbocycles. The second-order valence-corrected chi connectivity index (χ2v) is 12.1. The third-order valence-corrected chi connectivity index (χ3v) is 9.65. The van der Waals surface area contributed by atoms with Crippen molar-refractivity contribution in [1.82, 2.24) is 0 Å². The quantitative estimate of drug-likeness (QED) is 0.266. The van der Waals surface area contributed by atoms with Gasteiger partial charge in [-0.25, -0.2) is 9.59 Å². The molecule has 5 nitrogen and oxygen atoms in total. The SMILES string of the molecule is C[C@]1(COC(=O)c2ccccc2)CCC[C@@]2(C)[C@@H]1CC[C@H](COC(=O)c1ccccc1)[C@@H]2CCc1ccoc1. The predicted octanol–water partition coefficient (Wildman–Crippen LogP) is 7.77. The number of hydrogen-bond donors (Lipinski definition) is 0. The molecule has 0 bridgehead atoms. The lowest BCUT2D eigenvalue weighted by Crippen LogP contribution is -2.54. The van der Waals surface area contributed by atoms with E-state index in [1.54, 1.807) is 18.4 Å². The van der Waals surface area contributed by atoms with Crippen molar-refractivity contribution in [2.24, 2.45) is 28.6 Å². The van der Waals surface area contributed by atoms with Crippen LogP contribution < -0.4 is 0 Å². The Balaban J connectivity index is 1.33. The molecule has 39 heavy (non-hydrogen) atoms. The maximum absolute atomic E-state index is 12.8. The summed E-state index contributed by atoms with van der Waals surface area (Å²) in [6.45, 7) is 5.63. The van der Waals surface area contributed by atoms with Crippen LogP contribution in [-0.2, 0) is 15.9 Å². The third-order valence-electron chi connectivity index (χ3n) is 9.65. The minimum atomic E-state index is -0.252. The van der Waals surface area contributed by atoms with E-state index >= 15 is 0 Å². The first kappa shape index (κ1) is 27.2. The lowest BCUT2D eigenvalue weighted by atomic mass is 9.45. The van der Waals surface area contributed by atoms with Crippen molar-refractivity contribution in [3.05, 3.63) is 95.9 Å². The zero-order chi connectivity index (χ0) is 27.3. The van der Waals surface area contributed by atoms with Gasteiger partial charge in [0.25, 0.3) is 0 Å². The Hall–Kier alpha value is -3.34. The standard InChI is InChI=1S/C34H40O5/c1-33(24-39-32(36)27-12-7-4-8-13-27)19-9-20-34(2)29(16-14-25-18-21-37-22-25)28(15-17-30(33)34)23-38-31(35)26-10-5-3-6-11-26/h3-8,10-13,18,21-22,28-30H,9,14-17,19-20,23-24H2,1-2H3/t28-,29+,30-,33-,34-/m1/s1.